The van der Waals surface area contributed by atoms with Gasteiger partial charge in [0.15, 0.2) is 0 Å². The first-order valence-corrected chi connectivity index (χ1v) is 5.25. The van der Waals surface area contributed by atoms with E-state index in [9.17, 15) is 0 Å². The first kappa shape index (κ1) is 10.8. The van der Waals surface area contributed by atoms with Crippen LogP contribution < -0.4 is 5.73 Å². The highest BCUT2D eigenvalue weighted by atomic mass is 15.3. The Labute approximate surface area is 94.3 Å². The van der Waals surface area contributed by atoms with Crippen LogP contribution in [0.1, 0.15) is 17.0 Å². The van der Waals surface area contributed by atoms with Gasteiger partial charge in [0, 0.05) is 18.1 Å². The molecular weight excluding hydrogens is 202 g/mol. The maximum Gasteiger partial charge on any atom is 0.250 e. The maximum absolute atomic E-state index is 5.46. The van der Waals surface area contributed by atoms with Gasteiger partial charge in [-0.05, 0) is 38.4 Å². The minimum absolute atomic E-state index is 0.603. The van der Waals surface area contributed by atoms with Crippen molar-refractivity contribution < 1.29 is 0 Å². The molecule has 0 aliphatic heterocycles. The maximum atomic E-state index is 5.46. The van der Waals surface area contributed by atoms with Crippen molar-refractivity contribution in [1.29, 1.82) is 0 Å². The summed E-state index contributed by atoms with van der Waals surface area (Å²) in [4.78, 5) is 8.55. The third kappa shape index (κ3) is 2.09. The molecule has 2 N–H and O–H groups in total. The lowest BCUT2D eigenvalue weighted by Gasteiger charge is -2.03. The van der Waals surface area contributed by atoms with E-state index < -0.39 is 0 Å². The second kappa shape index (κ2) is 4.40. The highest BCUT2D eigenvalue weighted by molar-refractivity contribution is 5.19. The molecule has 5 nitrogen and oxygen atoms in total. The minimum atomic E-state index is 0.603. The molecule has 0 spiro atoms. The van der Waals surface area contributed by atoms with Crippen molar-refractivity contribution in [1.82, 2.24) is 19.7 Å². The molecule has 0 amide bonds. The molecule has 0 aliphatic rings. The van der Waals surface area contributed by atoms with Crippen LogP contribution in [-0.2, 0) is 6.42 Å². The van der Waals surface area contributed by atoms with E-state index in [-0.39, 0.29) is 0 Å². The van der Waals surface area contributed by atoms with E-state index in [0.717, 1.165) is 23.4 Å². The zero-order valence-electron chi connectivity index (χ0n) is 9.51. The van der Waals surface area contributed by atoms with Crippen molar-refractivity contribution in [2.45, 2.75) is 20.3 Å². The van der Waals surface area contributed by atoms with Crippen LogP contribution >= 0.6 is 0 Å². The first-order valence-electron chi connectivity index (χ1n) is 5.25. The van der Waals surface area contributed by atoms with E-state index in [0.29, 0.717) is 12.5 Å². The Morgan fingerprint density at radius 1 is 1.25 bits per heavy atom. The van der Waals surface area contributed by atoms with Crippen molar-refractivity contribution in [3.8, 4) is 5.95 Å². The second-order valence-electron chi connectivity index (χ2n) is 3.77. The number of aryl methyl sites for hydroxylation is 2. The molecule has 0 fully saturated rings. The van der Waals surface area contributed by atoms with E-state index in [2.05, 4.69) is 15.1 Å². The Bertz CT molecular complexity index is 472. The summed E-state index contributed by atoms with van der Waals surface area (Å²) < 4.78 is 1.74. The molecule has 0 unspecified atom stereocenters. The highest BCUT2D eigenvalue weighted by Gasteiger charge is 2.05. The molecule has 0 saturated heterocycles. The SMILES string of the molecule is Cc1cc(C)n(-c2ncc(CCN)cn2)n1. The number of nitrogens with two attached hydrogens (primary N) is 1. The molecule has 0 atom stereocenters. The molecule has 2 heterocycles. The van der Waals surface area contributed by atoms with Gasteiger partial charge in [-0.15, -0.1) is 0 Å². The zero-order valence-corrected chi connectivity index (χ0v) is 9.51. The molecule has 0 bridgehead atoms. The van der Waals surface area contributed by atoms with E-state index in [1.807, 2.05) is 19.9 Å². The van der Waals surface area contributed by atoms with Crippen molar-refractivity contribution in [2.24, 2.45) is 5.73 Å². The Balaban J connectivity index is 2.31. The highest BCUT2D eigenvalue weighted by Crippen LogP contribution is 2.07. The molecule has 0 saturated carbocycles. The summed E-state index contributed by atoms with van der Waals surface area (Å²) in [6, 6.07) is 2.00. The Morgan fingerprint density at radius 2 is 1.94 bits per heavy atom. The number of aromatic nitrogens is 4. The summed E-state index contributed by atoms with van der Waals surface area (Å²) in [6.07, 6.45) is 4.40. The number of hydrogen-bond acceptors (Lipinski definition) is 4. The predicted molar refractivity (Wildman–Crippen MR) is 61.4 cm³/mol. The van der Waals surface area contributed by atoms with Crippen LogP contribution in [-0.4, -0.2) is 26.3 Å². The lowest BCUT2D eigenvalue weighted by molar-refractivity contribution is 0.767. The van der Waals surface area contributed by atoms with Gasteiger partial charge in [-0.2, -0.15) is 5.10 Å². The van der Waals surface area contributed by atoms with Crippen molar-refractivity contribution in [3.05, 3.63) is 35.4 Å². The van der Waals surface area contributed by atoms with Crippen LogP contribution in [0.15, 0.2) is 18.5 Å². The van der Waals surface area contributed by atoms with Crippen LogP contribution in [0.3, 0.4) is 0 Å². The van der Waals surface area contributed by atoms with E-state index in [1.165, 1.54) is 0 Å². The number of rotatable bonds is 3. The van der Waals surface area contributed by atoms with Crippen LogP contribution in [0.25, 0.3) is 5.95 Å². The lowest BCUT2D eigenvalue weighted by atomic mass is 10.2. The van der Waals surface area contributed by atoms with Crippen molar-refractivity contribution >= 4 is 0 Å². The van der Waals surface area contributed by atoms with Gasteiger partial charge in [-0.3, -0.25) is 0 Å². The quantitative estimate of drug-likeness (QED) is 0.824. The Kier molecular flexibility index (Phi) is 2.96. The third-order valence-corrected chi connectivity index (χ3v) is 2.32. The van der Waals surface area contributed by atoms with Gasteiger partial charge >= 0.3 is 0 Å². The van der Waals surface area contributed by atoms with E-state index in [4.69, 9.17) is 5.73 Å². The molecule has 0 radical (unpaired) electrons. The fourth-order valence-electron chi connectivity index (χ4n) is 1.58. The van der Waals surface area contributed by atoms with Gasteiger partial charge in [0.2, 0.25) is 0 Å². The molecular formula is C11H15N5. The fourth-order valence-corrected chi connectivity index (χ4v) is 1.58. The average molecular weight is 217 g/mol. The molecule has 5 heteroatoms. The molecule has 2 rings (SSSR count). The number of nitrogens with zero attached hydrogens (tertiary/aromatic N) is 4. The molecule has 0 aliphatic carbocycles. The monoisotopic (exact) mass is 217 g/mol. The summed E-state index contributed by atoms with van der Waals surface area (Å²) in [5.74, 6) is 0.603. The summed E-state index contributed by atoms with van der Waals surface area (Å²) >= 11 is 0. The van der Waals surface area contributed by atoms with Gasteiger partial charge in [-0.25, -0.2) is 14.6 Å². The Hall–Kier alpha value is -1.75. The molecule has 2 aromatic rings. The molecule has 16 heavy (non-hydrogen) atoms. The topological polar surface area (TPSA) is 69.6 Å². The second-order valence-corrected chi connectivity index (χ2v) is 3.77. The normalized spacial score (nSPS) is 10.7. The summed E-state index contributed by atoms with van der Waals surface area (Å²) in [6.45, 7) is 4.55. The van der Waals surface area contributed by atoms with Crippen molar-refractivity contribution in [3.63, 3.8) is 0 Å². The number of hydrogen-bond donors (Lipinski definition) is 1. The van der Waals surface area contributed by atoms with Crippen LogP contribution in [0.2, 0.25) is 0 Å². The first-order chi connectivity index (χ1) is 7.70. The standard InChI is InChI=1S/C11H15N5/c1-8-5-9(2)16(15-8)11-13-6-10(3-4-12)7-14-11/h5-7H,3-4,12H2,1-2H3. The van der Waals surface area contributed by atoms with Crippen LogP contribution in [0.5, 0.6) is 0 Å². The van der Waals surface area contributed by atoms with Crippen molar-refractivity contribution in [2.75, 3.05) is 6.54 Å². The largest absolute Gasteiger partial charge is 0.330 e. The van der Waals surface area contributed by atoms with Gasteiger partial charge in [-0.1, -0.05) is 0 Å². The molecule has 0 aromatic carbocycles. The molecule has 84 valence electrons. The smallest absolute Gasteiger partial charge is 0.250 e. The third-order valence-electron chi connectivity index (χ3n) is 2.32. The Morgan fingerprint density at radius 3 is 2.44 bits per heavy atom. The summed E-state index contributed by atoms with van der Waals surface area (Å²) in [5.41, 5.74) is 8.51. The predicted octanol–water partition coefficient (Wildman–Crippen LogP) is 0.780. The lowest BCUT2D eigenvalue weighted by Crippen LogP contribution is -2.07. The van der Waals surface area contributed by atoms with Gasteiger partial charge < -0.3 is 5.73 Å². The van der Waals surface area contributed by atoms with Gasteiger partial charge in [0.25, 0.3) is 5.95 Å². The van der Waals surface area contributed by atoms with Gasteiger partial charge in [0.05, 0.1) is 5.69 Å². The van der Waals surface area contributed by atoms with E-state index in [1.54, 1.807) is 17.1 Å². The summed E-state index contributed by atoms with van der Waals surface area (Å²) in [7, 11) is 0. The fraction of sp³-hybridized carbons (Fsp3) is 0.364. The van der Waals surface area contributed by atoms with Crippen LogP contribution in [0.4, 0.5) is 0 Å². The van der Waals surface area contributed by atoms with Gasteiger partial charge in [0.1, 0.15) is 0 Å². The molecule has 2 aromatic heterocycles. The average Bonchev–Trinajstić information content (AvgIpc) is 2.59. The minimum Gasteiger partial charge on any atom is -0.330 e. The zero-order chi connectivity index (χ0) is 11.5. The summed E-state index contributed by atoms with van der Waals surface area (Å²) in [5, 5.41) is 4.32. The van der Waals surface area contributed by atoms with E-state index >= 15 is 0 Å². The van der Waals surface area contributed by atoms with Crippen LogP contribution in [0, 0.1) is 13.8 Å².